The number of morpholine rings is 1. The van der Waals surface area contributed by atoms with Gasteiger partial charge in [0, 0.05) is 26.2 Å². The second kappa shape index (κ2) is 7.33. The molecular weight excluding hydrogens is 354 g/mol. The molecule has 0 spiro atoms. The number of benzene rings is 1. The molecule has 138 valence electrons. The largest absolute Gasteiger partial charge is 0.480 e. The van der Waals surface area contributed by atoms with E-state index in [0.29, 0.717) is 0 Å². The lowest BCUT2D eigenvalue weighted by Gasteiger charge is -2.27. The Labute approximate surface area is 144 Å². The first-order chi connectivity index (χ1) is 11.7. The number of rotatable bonds is 6. The number of nitro groups is 1. The summed E-state index contributed by atoms with van der Waals surface area (Å²) in [6.07, 6.45) is 0. The summed E-state index contributed by atoms with van der Waals surface area (Å²) in [6, 6.07) is 2.45. The summed E-state index contributed by atoms with van der Waals surface area (Å²) in [7, 11) is -2.48. The Morgan fingerprint density at radius 1 is 1.40 bits per heavy atom. The van der Waals surface area contributed by atoms with Gasteiger partial charge < -0.3 is 14.7 Å². The van der Waals surface area contributed by atoms with Gasteiger partial charge in [0.15, 0.2) is 0 Å². The van der Waals surface area contributed by atoms with Crippen LogP contribution in [0, 0.1) is 10.1 Å². The highest BCUT2D eigenvalue weighted by molar-refractivity contribution is 7.89. The van der Waals surface area contributed by atoms with Crippen LogP contribution in [-0.2, 0) is 19.6 Å². The van der Waals surface area contributed by atoms with Crippen molar-refractivity contribution in [2.75, 3.05) is 38.3 Å². The minimum atomic E-state index is -3.88. The minimum Gasteiger partial charge on any atom is -0.480 e. The van der Waals surface area contributed by atoms with E-state index in [0.717, 1.165) is 6.07 Å². The number of hydrogen-bond donors (Lipinski definition) is 1. The summed E-state index contributed by atoms with van der Waals surface area (Å²) in [6.45, 7) is 2.25. The van der Waals surface area contributed by atoms with Crippen LogP contribution in [0.25, 0.3) is 0 Å². The predicted molar refractivity (Wildman–Crippen MR) is 88.2 cm³/mol. The van der Waals surface area contributed by atoms with E-state index < -0.39 is 32.6 Å². The number of hydrogen-bond acceptors (Lipinski definition) is 7. The van der Waals surface area contributed by atoms with Crippen LogP contribution in [0.2, 0.25) is 0 Å². The molecule has 0 saturated carbocycles. The summed E-state index contributed by atoms with van der Waals surface area (Å²) >= 11 is 0. The van der Waals surface area contributed by atoms with Crippen molar-refractivity contribution in [3.63, 3.8) is 0 Å². The maximum absolute atomic E-state index is 12.6. The van der Waals surface area contributed by atoms with E-state index in [2.05, 4.69) is 0 Å². The molecule has 0 bridgehead atoms. The lowest BCUT2D eigenvalue weighted by Crippen LogP contribution is -2.40. The number of carboxylic acid groups (broad SMARTS) is 1. The third-order valence-electron chi connectivity index (χ3n) is 4.07. The molecule has 2 rings (SSSR count). The molecule has 10 nitrogen and oxygen atoms in total. The molecule has 11 heteroatoms. The molecule has 25 heavy (non-hydrogen) atoms. The van der Waals surface area contributed by atoms with Gasteiger partial charge in [0.05, 0.1) is 23.0 Å². The highest BCUT2D eigenvalue weighted by Crippen LogP contribution is 2.32. The quantitative estimate of drug-likeness (QED) is 0.564. The Morgan fingerprint density at radius 2 is 2.00 bits per heavy atom. The second-order valence-electron chi connectivity index (χ2n) is 5.55. The summed E-state index contributed by atoms with van der Waals surface area (Å²) in [5.41, 5.74) is -0.439. The highest BCUT2D eigenvalue weighted by atomic mass is 32.2. The topological polar surface area (TPSA) is 130 Å². The third-order valence-corrected chi connectivity index (χ3v) is 5.96. The Balaban J connectivity index is 2.45. The molecule has 1 unspecified atom stereocenters. The van der Waals surface area contributed by atoms with E-state index >= 15 is 0 Å². The standard InChI is InChI=1S/C14H19N3O7S/c1-10(14(18)19)15(2)12-4-3-11(9-13(12)17(20)21)25(22,23)16-5-7-24-8-6-16/h3-4,9-10H,5-8H2,1-2H3,(H,18,19). The maximum Gasteiger partial charge on any atom is 0.326 e. The number of carbonyl (C=O) groups is 1. The number of carboxylic acids is 1. The Morgan fingerprint density at radius 3 is 2.52 bits per heavy atom. The first-order valence-electron chi connectivity index (χ1n) is 7.48. The molecule has 0 aliphatic carbocycles. The average molecular weight is 373 g/mol. The van der Waals surface area contributed by atoms with E-state index in [1.807, 2.05) is 0 Å². The van der Waals surface area contributed by atoms with Crippen LogP contribution >= 0.6 is 0 Å². The van der Waals surface area contributed by atoms with Crippen molar-refractivity contribution in [1.82, 2.24) is 4.31 Å². The van der Waals surface area contributed by atoms with Crippen LogP contribution in [0.5, 0.6) is 0 Å². The fourth-order valence-electron chi connectivity index (χ4n) is 2.42. The molecule has 1 aliphatic heterocycles. The summed E-state index contributed by atoms with van der Waals surface area (Å²) in [4.78, 5) is 22.8. The number of anilines is 1. The van der Waals surface area contributed by atoms with Gasteiger partial charge in [-0.3, -0.25) is 10.1 Å². The molecule has 1 heterocycles. The number of sulfonamides is 1. The Bertz CT molecular complexity index is 775. The van der Waals surface area contributed by atoms with Gasteiger partial charge in [-0.15, -0.1) is 0 Å². The molecule has 0 radical (unpaired) electrons. The SMILES string of the molecule is CC(C(=O)O)N(C)c1ccc(S(=O)(=O)N2CCOCC2)cc1[N+](=O)[O-]. The number of likely N-dealkylation sites (N-methyl/N-ethyl adjacent to an activating group) is 1. The van der Waals surface area contributed by atoms with Gasteiger partial charge in [-0.05, 0) is 19.1 Å². The van der Waals surface area contributed by atoms with Crippen LogP contribution < -0.4 is 4.90 Å². The fraction of sp³-hybridized carbons (Fsp3) is 0.500. The van der Waals surface area contributed by atoms with Crippen LogP contribution in [0.1, 0.15) is 6.92 Å². The predicted octanol–water partition coefficient (Wildman–Crippen LogP) is 0.525. The molecule has 1 aliphatic rings. The van der Waals surface area contributed by atoms with Crippen LogP contribution in [0.3, 0.4) is 0 Å². The van der Waals surface area contributed by atoms with Gasteiger partial charge in [0.1, 0.15) is 11.7 Å². The lowest BCUT2D eigenvalue weighted by molar-refractivity contribution is -0.384. The van der Waals surface area contributed by atoms with Crippen LogP contribution in [0.4, 0.5) is 11.4 Å². The Hall–Kier alpha value is -2.24. The minimum absolute atomic E-state index is 0.0285. The van der Waals surface area contributed by atoms with Gasteiger partial charge >= 0.3 is 5.97 Å². The molecular formula is C14H19N3O7S. The highest BCUT2D eigenvalue weighted by Gasteiger charge is 2.30. The summed E-state index contributed by atoms with van der Waals surface area (Å²) < 4.78 is 31.6. The first-order valence-corrected chi connectivity index (χ1v) is 8.92. The van der Waals surface area contributed by atoms with E-state index in [1.165, 1.54) is 35.3 Å². The molecule has 1 aromatic carbocycles. The third kappa shape index (κ3) is 3.89. The van der Waals surface area contributed by atoms with Crippen molar-refractivity contribution >= 4 is 27.4 Å². The van der Waals surface area contributed by atoms with E-state index in [1.54, 1.807) is 0 Å². The number of nitro benzene ring substituents is 1. The zero-order chi connectivity index (χ0) is 18.8. The second-order valence-corrected chi connectivity index (χ2v) is 7.49. The van der Waals surface area contributed by atoms with Crippen molar-refractivity contribution in [2.45, 2.75) is 17.9 Å². The fourth-order valence-corrected chi connectivity index (χ4v) is 3.85. The van der Waals surface area contributed by atoms with Gasteiger partial charge in [-0.2, -0.15) is 4.31 Å². The van der Waals surface area contributed by atoms with Gasteiger partial charge in [0.25, 0.3) is 5.69 Å². The van der Waals surface area contributed by atoms with Crippen molar-refractivity contribution in [3.8, 4) is 0 Å². The number of nitrogens with zero attached hydrogens (tertiary/aromatic N) is 3. The molecule has 1 fully saturated rings. The van der Waals surface area contributed by atoms with Crippen molar-refractivity contribution in [3.05, 3.63) is 28.3 Å². The molecule has 1 aromatic rings. The van der Waals surface area contributed by atoms with Gasteiger partial charge in [-0.1, -0.05) is 0 Å². The van der Waals surface area contributed by atoms with Crippen molar-refractivity contribution in [1.29, 1.82) is 0 Å². The van der Waals surface area contributed by atoms with Crippen molar-refractivity contribution in [2.24, 2.45) is 0 Å². The Kier molecular flexibility index (Phi) is 5.60. The smallest absolute Gasteiger partial charge is 0.326 e. The monoisotopic (exact) mass is 373 g/mol. The van der Waals surface area contributed by atoms with Crippen molar-refractivity contribution < 1.29 is 28.0 Å². The maximum atomic E-state index is 12.6. The van der Waals surface area contributed by atoms with Crippen LogP contribution in [0.15, 0.2) is 23.1 Å². The number of aliphatic carboxylic acids is 1. The molecule has 0 aromatic heterocycles. The molecule has 1 saturated heterocycles. The van der Waals surface area contributed by atoms with E-state index in [4.69, 9.17) is 9.84 Å². The van der Waals surface area contributed by atoms with E-state index in [9.17, 15) is 23.3 Å². The zero-order valence-electron chi connectivity index (χ0n) is 13.8. The molecule has 1 N–H and O–H groups in total. The summed E-state index contributed by atoms with van der Waals surface area (Å²) in [5.74, 6) is -1.15. The average Bonchev–Trinajstić information content (AvgIpc) is 2.60. The normalized spacial score (nSPS) is 17.0. The van der Waals surface area contributed by atoms with Gasteiger partial charge in [-0.25, -0.2) is 13.2 Å². The summed E-state index contributed by atoms with van der Waals surface area (Å²) in [5, 5.41) is 20.4. The number of ether oxygens (including phenoxy) is 1. The first kappa shape index (κ1) is 19.1. The van der Waals surface area contributed by atoms with Gasteiger partial charge in [0.2, 0.25) is 10.0 Å². The van der Waals surface area contributed by atoms with Crippen LogP contribution in [-0.4, -0.2) is 68.1 Å². The molecule has 0 amide bonds. The zero-order valence-corrected chi connectivity index (χ0v) is 14.6. The molecule has 1 atom stereocenters. The lowest BCUT2D eigenvalue weighted by atomic mass is 10.2. The van der Waals surface area contributed by atoms with E-state index in [-0.39, 0.29) is 36.9 Å².